The maximum atomic E-state index is 12.0. The molecule has 0 aliphatic rings. The van der Waals surface area contributed by atoms with E-state index in [0.717, 1.165) is 7.11 Å². The summed E-state index contributed by atoms with van der Waals surface area (Å²) in [7, 11) is 0.867. The number of Topliss-reactive ketones (excluding diaryl/α,β-unsaturated/α-hetero) is 1. The van der Waals surface area contributed by atoms with Gasteiger partial charge in [-0.05, 0) is 6.92 Å². The third kappa shape index (κ3) is 4.01. The number of carbonyl (C=O) groups excluding carboxylic acids is 2. The Morgan fingerprint density at radius 2 is 1.87 bits per heavy atom. The summed E-state index contributed by atoms with van der Waals surface area (Å²) < 4.78 is 44.4. The van der Waals surface area contributed by atoms with Crippen LogP contribution in [-0.4, -0.2) is 31.6 Å². The Kier molecular flexibility index (Phi) is 4.83. The number of halogens is 3. The maximum Gasteiger partial charge on any atom is 0.455 e. The number of ketones is 1. The van der Waals surface area contributed by atoms with Crippen molar-refractivity contribution < 1.29 is 32.2 Å². The van der Waals surface area contributed by atoms with Gasteiger partial charge in [0.15, 0.2) is 0 Å². The Morgan fingerprint density at radius 3 is 2.20 bits per heavy atom. The van der Waals surface area contributed by atoms with E-state index < -0.39 is 23.5 Å². The molecule has 0 aliphatic carbocycles. The van der Waals surface area contributed by atoms with Gasteiger partial charge in [-0.15, -0.1) is 0 Å². The average Bonchev–Trinajstić information content (AvgIpc) is 2.16. The highest BCUT2D eigenvalue weighted by molar-refractivity contribution is 6.19. The fourth-order valence-electron chi connectivity index (χ4n) is 0.624. The second-order valence-electron chi connectivity index (χ2n) is 2.31. The fourth-order valence-corrected chi connectivity index (χ4v) is 0.624. The maximum absolute atomic E-state index is 12.0. The zero-order valence-corrected chi connectivity index (χ0v) is 8.05. The van der Waals surface area contributed by atoms with Crippen molar-refractivity contribution in [2.45, 2.75) is 13.1 Å². The molecule has 0 fully saturated rings. The molecular weight excluding hydrogens is 217 g/mol. The summed E-state index contributed by atoms with van der Waals surface area (Å²) in [6, 6.07) is 0. The summed E-state index contributed by atoms with van der Waals surface area (Å²) in [5, 5.41) is 0. The number of rotatable bonds is 4. The molecule has 0 heterocycles. The van der Waals surface area contributed by atoms with Crippen LogP contribution in [0, 0.1) is 0 Å². The van der Waals surface area contributed by atoms with Crippen LogP contribution >= 0.6 is 0 Å². The number of methoxy groups -OCH3 is 1. The second kappa shape index (κ2) is 5.38. The van der Waals surface area contributed by atoms with Crippen LogP contribution in [0.25, 0.3) is 0 Å². The minimum Gasteiger partial charge on any atom is -0.500 e. The first-order valence-electron chi connectivity index (χ1n) is 3.86. The lowest BCUT2D eigenvalue weighted by Gasteiger charge is -2.07. The quantitative estimate of drug-likeness (QED) is 0.238. The molecule has 0 aliphatic heterocycles. The third-order valence-electron chi connectivity index (χ3n) is 1.28. The van der Waals surface area contributed by atoms with Crippen molar-refractivity contribution in [3.8, 4) is 0 Å². The van der Waals surface area contributed by atoms with E-state index in [9.17, 15) is 22.8 Å². The standard InChI is InChI=1S/C8H9F3O4/c1-3-15-4-5(7(13)14-2)6(12)8(9,10)11/h4H,3H2,1-2H3/b5-4-. The molecule has 0 unspecified atom stereocenters. The van der Waals surface area contributed by atoms with Crippen molar-refractivity contribution in [2.75, 3.05) is 13.7 Å². The first-order chi connectivity index (χ1) is 6.84. The summed E-state index contributed by atoms with van der Waals surface area (Å²) in [6.45, 7) is 1.52. The number of esters is 1. The van der Waals surface area contributed by atoms with Crippen molar-refractivity contribution in [3.63, 3.8) is 0 Å². The molecule has 0 atom stereocenters. The van der Waals surface area contributed by atoms with Crippen LogP contribution < -0.4 is 0 Å². The SMILES string of the molecule is CCO/C=C(\C(=O)OC)C(=O)C(F)(F)F. The molecule has 0 bridgehead atoms. The Balaban J connectivity index is 4.96. The minimum atomic E-state index is -5.13. The van der Waals surface area contributed by atoms with Crippen molar-refractivity contribution in [1.82, 2.24) is 0 Å². The lowest BCUT2D eigenvalue weighted by molar-refractivity contribution is -0.168. The molecule has 7 heteroatoms. The van der Waals surface area contributed by atoms with Crippen LogP contribution in [0.5, 0.6) is 0 Å². The first-order valence-corrected chi connectivity index (χ1v) is 3.86. The van der Waals surface area contributed by atoms with Gasteiger partial charge in [-0.3, -0.25) is 4.79 Å². The summed E-state index contributed by atoms with van der Waals surface area (Å²) in [5.74, 6) is -3.67. The van der Waals surface area contributed by atoms with E-state index in [1.54, 1.807) is 0 Å². The molecule has 4 nitrogen and oxygen atoms in total. The molecule has 0 saturated carbocycles. The number of ether oxygens (including phenoxy) is 2. The minimum absolute atomic E-state index is 0.0334. The highest BCUT2D eigenvalue weighted by atomic mass is 19.4. The Morgan fingerprint density at radius 1 is 1.33 bits per heavy atom. The van der Waals surface area contributed by atoms with Crippen LogP contribution in [0.1, 0.15) is 6.92 Å². The van der Waals surface area contributed by atoms with Gasteiger partial charge in [-0.25, -0.2) is 4.79 Å². The van der Waals surface area contributed by atoms with E-state index >= 15 is 0 Å². The van der Waals surface area contributed by atoms with E-state index in [-0.39, 0.29) is 6.61 Å². The van der Waals surface area contributed by atoms with E-state index in [1.807, 2.05) is 0 Å². The molecule has 0 amide bonds. The largest absolute Gasteiger partial charge is 0.500 e. The second-order valence-corrected chi connectivity index (χ2v) is 2.31. The van der Waals surface area contributed by atoms with Gasteiger partial charge in [-0.1, -0.05) is 0 Å². The highest BCUT2D eigenvalue weighted by Gasteiger charge is 2.43. The molecule has 0 spiro atoms. The van der Waals surface area contributed by atoms with Gasteiger partial charge in [-0.2, -0.15) is 13.2 Å². The van der Waals surface area contributed by atoms with Crippen molar-refractivity contribution in [3.05, 3.63) is 11.8 Å². The zero-order valence-electron chi connectivity index (χ0n) is 8.05. The first kappa shape index (κ1) is 13.5. The van der Waals surface area contributed by atoms with E-state index in [0.29, 0.717) is 6.26 Å². The van der Waals surface area contributed by atoms with Gasteiger partial charge in [0.1, 0.15) is 11.8 Å². The topological polar surface area (TPSA) is 52.6 Å². The van der Waals surface area contributed by atoms with Crippen LogP contribution in [0.3, 0.4) is 0 Å². The lowest BCUT2D eigenvalue weighted by atomic mass is 10.2. The van der Waals surface area contributed by atoms with Gasteiger partial charge < -0.3 is 9.47 Å². The van der Waals surface area contributed by atoms with Gasteiger partial charge in [0.05, 0.1) is 13.7 Å². The molecule has 0 N–H and O–H groups in total. The van der Waals surface area contributed by atoms with Crippen molar-refractivity contribution in [2.24, 2.45) is 0 Å². The van der Waals surface area contributed by atoms with E-state index in [4.69, 9.17) is 0 Å². The van der Waals surface area contributed by atoms with Gasteiger partial charge in [0, 0.05) is 0 Å². The van der Waals surface area contributed by atoms with Crippen LogP contribution in [0.15, 0.2) is 11.8 Å². The molecule has 0 aromatic carbocycles. The predicted molar refractivity (Wildman–Crippen MR) is 42.8 cm³/mol. The van der Waals surface area contributed by atoms with Gasteiger partial charge in [0.2, 0.25) is 0 Å². The smallest absolute Gasteiger partial charge is 0.455 e. The summed E-state index contributed by atoms with van der Waals surface area (Å²) >= 11 is 0. The number of hydrogen-bond acceptors (Lipinski definition) is 4. The number of hydrogen-bond donors (Lipinski definition) is 0. The Hall–Kier alpha value is -1.53. The van der Waals surface area contributed by atoms with Crippen molar-refractivity contribution in [1.29, 1.82) is 0 Å². The van der Waals surface area contributed by atoms with Crippen LogP contribution in [-0.2, 0) is 19.1 Å². The Labute approximate surface area is 83.7 Å². The fraction of sp³-hybridized carbons (Fsp3) is 0.500. The number of carbonyl (C=O) groups is 2. The summed E-state index contributed by atoms with van der Waals surface area (Å²) in [4.78, 5) is 21.5. The molecule has 0 radical (unpaired) electrons. The number of alkyl halides is 3. The van der Waals surface area contributed by atoms with E-state index in [2.05, 4.69) is 9.47 Å². The highest BCUT2D eigenvalue weighted by Crippen LogP contribution is 2.21. The molecule has 0 aromatic rings. The van der Waals surface area contributed by atoms with Gasteiger partial charge in [0.25, 0.3) is 5.78 Å². The molecule has 15 heavy (non-hydrogen) atoms. The van der Waals surface area contributed by atoms with E-state index in [1.165, 1.54) is 6.92 Å². The average molecular weight is 226 g/mol. The lowest BCUT2D eigenvalue weighted by Crippen LogP contribution is -2.29. The predicted octanol–water partition coefficient (Wildman–Crippen LogP) is 1.21. The molecule has 0 aromatic heterocycles. The molecular formula is C8H9F3O4. The molecule has 0 rings (SSSR count). The monoisotopic (exact) mass is 226 g/mol. The zero-order chi connectivity index (χ0) is 12.1. The van der Waals surface area contributed by atoms with Crippen molar-refractivity contribution >= 4 is 11.8 Å². The summed E-state index contributed by atoms with van der Waals surface area (Å²) in [6.07, 6.45) is -4.68. The molecule has 86 valence electrons. The summed E-state index contributed by atoms with van der Waals surface area (Å²) in [5.41, 5.74) is -1.17. The van der Waals surface area contributed by atoms with Crippen LogP contribution in [0.2, 0.25) is 0 Å². The third-order valence-corrected chi connectivity index (χ3v) is 1.28. The van der Waals surface area contributed by atoms with Gasteiger partial charge >= 0.3 is 12.1 Å². The Bertz CT molecular complexity index is 280. The van der Waals surface area contributed by atoms with Crippen LogP contribution in [0.4, 0.5) is 13.2 Å². The molecule has 0 saturated heterocycles. The normalized spacial score (nSPS) is 12.2.